The third kappa shape index (κ3) is 6.69. The number of nitrogens with zero attached hydrogens (tertiary/aromatic N) is 6. The molecule has 1 unspecified atom stereocenters. The third-order valence-electron chi connectivity index (χ3n) is 6.51. The van der Waals surface area contributed by atoms with Crippen LogP contribution in [0.1, 0.15) is 30.9 Å². The number of piperazine rings is 1. The van der Waals surface area contributed by atoms with Crippen LogP contribution in [0, 0.1) is 0 Å². The second-order valence-electron chi connectivity index (χ2n) is 8.69. The van der Waals surface area contributed by atoms with Gasteiger partial charge in [-0.25, -0.2) is 4.98 Å². The molecule has 2 aliphatic rings. The number of aromatic nitrogens is 2. The molecule has 1 N–H and O–H groups in total. The maximum absolute atomic E-state index is 12.7. The summed E-state index contributed by atoms with van der Waals surface area (Å²) in [5.41, 5.74) is 2.48. The van der Waals surface area contributed by atoms with E-state index in [-0.39, 0.29) is 35.9 Å². The Labute approximate surface area is 214 Å². The summed E-state index contributed by atoms with van der Waals surface area (Å²) in [6.07, 6.45) is 7.90. The van der Waals surface area contributed by atoms with E-state index in [1.54, 1.807) is 6.20 Å². The lowest BCUT2D eigenvalue weighted by atomic mass is 10.1. The van der Waals surface area contributed by atoms with E-state index in [1.807, 2.05) is 24.5 Å². The first kappa shape index (κ1) is 25.5. The number of halogens is 1. The van der Waals surface area contributed by atoms with Crippen molar-refractivity contribution >= 4 is 35.8 Å². The largest absolute Gasteiger partial charge is 0.352 e. The molecule has 33 heavy (non-hydrogen) atoms. The molecule has 2 fully saturated rings. The summed E-state index contributed by atoms with van der Waals surface area (Å²) >= 11 is 0. The molecule has 8 nitrogen and oxygen atoms in total. The van der Waals surface area contributed by atoms with Gasteiger partial charge in [0.15, 0.2) is 5.96 Å². The Morgan fingerprint density at radius 1 is 1.09 bits per heavy atom. The van der Waals surface area contributed by atoms with Crippen LogP contribution in [0.15, 0.2) is 48.0 Å². The molecule has 0 bridgehead atoms. The van der Waals surface area contributed by atoms with Gasteiger partial charge in [0.05, 0.1) is 12.4 Å². The van der Waals surface area contributed by atoms with E-state index in [1.165, 1.54) is 11.1 Å². The van der Waals surface area contributed by atoms with Gasteiger partial charge in [-0.1, -0.05) is 24.3 Å². The minimum atomic E-state index is -0.0385. The normalized spacial score (nSPS) is 18.2. The van der Waals surface area contributed by atoms with Crippen LogP contribution in [0.4, 0.5) is 0 Å². The van der Waals surface area contributed by atoms with Crippen molar-refractivity contribution in [1.82, 2.24) is 29.6 Å². The summed E-state index contributed by atoms with van der Waals surface area (Å²) in [5, 5.41) is 3.52. The van der Waals surface area contributed by atoms with Crippen LogP contribution in [0.2, 0.25) is 0 Å². The number of benzene rings is 1. The second kappa shape index (κ2) is 12.4. The van der Waals surface area contributed by atoms with Crippen LogP contribution < -0.4 is 5.32 Å². The SMILES string of the molecule is CN=C(NCc1cccc(Cn2ccnc2)c1)N1CCN(C(C)C(=O)N2CCCC2)CC1.I. The molecule has 2 aliphatic heterocycles. The highest BCUT2D eigenvalue weighted by molar-refractivity contribution is 14.0. The van der Waals surface area contributed by atoms with Crippen LogP contribution in [-0.2, 0) is 17.9 Å². The number of likely N-dealkylation sites (tertiary alicyclic amines) is 1. The smallest absolute Gasteiger partial charge is 0.239 e. The van der Waals surface area contributed by atoms with E-state index in [9.17, 15) is 4.79 Å². The average molecular weight is 566 g/mol. The van der Waals surface area contributed by atoms with Crippen LogP contribution in [0.5, 0.6) is 0 Å². The number of carbonyl (C=O) groups excluding carboxylic acids is 1. The molecular weight excluding hydrogens is 529 g/mol. The topological polar surface area (TPSA) is 69.0 Å². The van der Waals surface area contributed by atoms with Crippen molar-refractivity contribution in [2.24, 2.45) is 4.99 Å². The molecule has 0 saturated carbocycles. The molecule has 0 radical (unpaired) electrons. The zero-order chi connectivity index (χ0) is 22.3. The van der Waals surface area contributed by atoms with Crippen molar-refractivity contribution in [2.45, 2.75) is 38.9 Å². The number of nitrogens with one attached hydrogen (secondary N) is 1. The summed E-state index contributed by atoms with van der Waals surface area (Å²) in [4.78, 5) is 28.0. The van der Waals surface area contributed by atoms with E-state index in [0.717, 1.165) is 71.2 Å². The van der Waals surface area contributed by atoms with Crippen LogP contribution >= 0.6 is 24.0 Å². The molecular formula is C24H36IN7O. The van der Waals surface area contributed by atoms with E-state index in [4.69, 9.17) is 0 Å². The Kier molecular flexibility index (Phi) is 9.54. The molecule has 0 spiro atoms. The van der Waals surface area contributed by atoms with Crippen molar-refractivity contribution in [3.8, 4) is 0 Å². The van der Waals surface area contributed by atoms with Gasteiger partial charge in [0, 0.05) is 71.8 Å². The standard InChI is InChI=1S/C24H35N7O.HI/c1-20(23(32)30-9-3-4-10-30)29-12-14-31(15-13-29)24(25-2)27-17-21-6-5-7-22(16-21)18-28-11-8-26-19-28;/h5-8,11,16,19-20H,3-4,9-10,12-15,17-18H2,1-2H3,(H,25,27);1H. The van der Waals surface area contributed by atoms with Crippen LogP contribution in [0.3, 0.4) is 0 Å². The summed E-state index contributed by atoms with van der Waals surface area (Å²) in [5.74, 6) is 1.21. The van der Waals surface area contributed by atoms with Gasteiger partial charge in [-0.15, -0.1) is 24.0 Å². The molecule has 1 amide bonds. The lowest BCUT2D eigenvalue weighted by Crippen LogP contribution is -2.57. The monoisotopic (exact) mass is 565 g/mol. The van der Waals surface area contributed by atoms with Crippen molar-refractivity contribution < 1.29 is 4.79 Å². The fourth-order valence-electron chi connectivity index (χ4n) is 4.62. The average Bonchev–Trinajstić information content (AvgIpc) is 3.54. The highest BCUT2D eigenvalue weighted by atomic mass is 127. The third-order valence-corrected chi connectivity index (χ3v) is 6.51. The zero-order valence-corrected chi connectivity index (χ0v) is 22.0. The number of aliphatic imine (C=N–C) groups is 1. The first-order valence-electron chi connectivity index (χ1n) is 11.7. The highest BCUT2D eigenvalue weighted by Gasteiger charge is 2.30. The predicted molar refractivity (Wildman–Crippen MR) is 142 cm³/mol. The number of hydrogen-bond acceptors (Lipinski definition) is 4. The lowest BCUT2D eigenvalue weighted by Gasteiger charge is -2.39. The predicted octanol–water partition coefficient (Wildman–Crippen LogP) is 2.25. The van der Waals surface area contributed by atoms with Crippen LogP contribution in [-0.4, -0.2) is 88.5 Å². The fraction of sp³-hybridized carbons (Fsp3) is 0.542. The summed E-state index contributed by atoms with van der Waals surface area (Å²) in [7, 11) is 1.84. The Bertz CT molecular complexity index is 903. The van der Waals surface area contributed by atoms with Gasteiger partial charge >= 0.3 is 0 Å². The maximum atomic E-state index is 12.7. The number of carbonyl (C=O) groups is 1. The number of amides is 1. The molecule has 0 aliphatic carbocycles. The van der Waals surface area contributed by atoms with E-state index in [0.29, 0.717) is 0 Å². The molecule has 3 heterocycles. The number of hydrogen-bond donors (Lipinski definition) is 1. The van der Waals surface area contributed by atoms with Gasteiger partial charge in [0.1, 0.15) is 0 Å². The summed E-state index contributed by atoms with van der Waals surface area (Å²) < 4.78 is 2.07. The fourth-order valence-corrected chi connectivity index (χ4v) is 4.62. The Balaban J connectivity index is 0.00000306. The summed E-state index contributed by atoms with van der Waals surface area (Å²) in [6.45, 7) is 8.94. The second-order valence-corrected chi connectivity index (χ2v) is 8.69. The zero-order valence-electron chi connectivity index (χ0n) is 19.7. The van der Waals surface area contributed by atoms with Gasteiger partial charge < -0.3 is 19.7 Å². The Morgan fingerprint density at radius 2 is 1.82 bits per heavy atom. The minimum Gasteiger partial charge on any atom is -0.352 e. The molecule has 1 aromatic carbocycles. The molecule has 2 aromatic rings. The summed E-state index contributed by atoms with van der Waals surface area (Å²) in [6, 6.07) is 8.57. The van der Waals surface area contributed by atoms with Crippen LogP contribution in [0.25, 0.3) is 0 Å². The molecule has 4 rings (SSSR count). The van der Waals surface area contributed by atoms with Crippen molar-refractivity contribution in [1.29, 1.82) is 0 Å². The molecule has 9 heteroatoms. The van der Waals surface area contributed by atoms with Crippen molar-refractivity contribution in [3.63, 3.8) is 0 Å². The van der Waals surface area contributed by atoms with E-state index in [2.05, 4.69) is 60.8 Å². The van der Waals surface area contributed by atoms with Gasteiger partial charge in [-0.05, 0) is 30.9 Å². The number of rotatable bonds is 6. The Morgan fingerprint density at radius 3 is 2.48 bits per heavy atom. The molecule has 180 valence electrons. The van der Waals surface area contributed by atoms with Crippen molar-refractivity contribution in [2.75, 3.05) is 46.3 Å². The maximum Gasteiger partial charge on any atom is 0.239 e. The first-order valence-corrected chi connectivity index (χ1v) is 11.7. The lowest BCUT2D eigenvalue weighted by molar-refractivity contribution is -0.135. The first-order chi connectivity index (χ1) is 15.6. The highest BCUT2D eigenvalue weighted by Crippen LogP contribution is 2.14. The van der Waals surface area contributed by atoms with E-state index < -0.39 is 0 Å². The van der Waals surface area contributed by atoms with Gasteiger partial charge in [-0.3, -0.25) is 14.7 Å². The molecule has 1 atom stereocenters. The van der Waals surface area contributed by atoms with E-state index >= 15 is 0 Å². The van der Waals surface area contributed by atoms with Gasteiger partial charge in [-0.2, -0.15) is 0 Å². The van der Waals surface area contributed by atoms with Gasteiger partial charge in [0.2, 0.25) is 5.91 Å². The number of guanidine groups is 1. The Hall–Kier alpha value is -2.14. The van der Waals surface area contributed by atoms with Gasteiger partial charge in [0.25, 0.3) is 0 Å². The quantitative estimate of drug-likeness (QED) is 0.331. The molecule has 2 saturated heterocycles. The van der Waals surface area contributed by atoms with Crippen molar-refractivity contribution in [3.05, 3.63) is 54.1 Å². The molecule has 1 aromatic heterocycles. The minimum absolute atomic E-state index is 0. The number of imidazole rings is 1.